The Kier molecular flexibility index (Phi) is 5.31. The first-order chi connectivity index (χ1) is 10.8. The van der Waals surface area contributed by atoms with Crippen LogP contribution in [0.1, 0.15) is 35.9 Å². The third kappa shape index (κ3) is 3.60. The van der Waals surface area contributed by atoms with Gasteiger partial charge in [0.15, 0.2) is 0 Å². The molecule has 3 rings (SSSR count). The van der Waals surface area contributed by atoms with E-state index in [1.807, 2.05) is 23.6 Å². The zero-order valence-electron chi connectivity index (χ0n) is 13.2. The molecule has 6 heteroatoms. The first kappa shape index (κ1) is 15.7. The molecule has 5 nitrogen and oxygen atoms in total. The summed E-state index contributed by atoms with van der Waals surface area (Å²) in [4.78, 5) is 25.5. The van der Waals surface area contributed by atoms with Gasteiger partial charge in [-0.25, -0.2) is 9.97 Å². The molecular formula is C16H24N4OS. The van der Waals surface area contributed by atoms with Crippen LogP contribution in [0.2, 0.25) is 0 Å². The van der Waals surface area contributed by atoms with E-state index in [0.29, 0.717) is 11.6 Å². The van der Waals surface area contributed by atoms with Gasteiger partial charge in [-0.05, 0) is 12.8 Å². The van der Waals surface area contributed by atoms with Gasteiger partial charge in [0.05, 0.1) is 5.56 Å². The van der Waals surface area contributed by atoms with E-state index in [1.54, 1.807) is 12.4 Å². The number of piperidine rings is 1. The number of likely N-dealkylation sites (tertiary alicyclic amines) is 1. The van der Waals surface area contributed by atoms with E-state index < -0.39 is 0 Å². The number of thioether (sulfide) groups is 1. The van der Waals surface area contributed by atoms with E-state index in [0.717, 1.165) is 38.2 Å². The monoisotopic (exact) mass is 320 g/mol. The number of amides is 1. The minimum Gasteiger partial charge on any atom is -0.338 e. The van der Waals surface area contributed by atoms with Gasteiger partial charge in [-0.2, -0.15) is 11.8 Å². The summed E-state index contributed by atoms with van der Waals surface area (Å²) in [5.74, 6) is 3.37. The van der Waals surface area contributed by atoms with Crippen LogP contribution in [0, 0.1) is 0 Å². The second-order valence-corrected chi connectivity index (χ2v) is 7.14. The van der Waals surface area contributed by atoms with Crippen molar-refractivity contribution in [3.63, 3.8) is 0 Å². The van der Waals surface area contributed by atoms with E-state index in [4.69, 9.17) is 0 Å². The molecule has 0 radical (unpaired) electrons. The molecule has 3 heterocycles. The molecule has 2 aliphatic rings. The van der Waals surface area contributed by atoms with Gasteiger partial charge in [-0.3, -0.25) is 9.69 Å². The van der Waals surface area contributed by atoms with Gasteiger partial charge in [-0.1, -0.05) is 6.92 Å². The van der Waals surface area contributed by atoms with Crippen molar-refractivity contribution in [2.24, 2.45) is 0 Å². The summed E-state index contributed by atoms with van der Waals surface area (Å²) in [6.45, 7) is 6.12. The third-order valence-corrected chi connectivity index (χ3v) is 5.52. The summed E-state index contributed by atoms with van der Waals surface area (Å²) in [6, 6.07) is 0.656. The Labute approximate surface area is 136 Å². The van der Waals surface area contributed by atoms with Crippen molar-refractivity contribution < 1.29 is 4.79 Å². The van der Waals surface area contributed by atoms with Crippen LogP contribution in [0.25, 0.3) is 0 Å². The van der Waals surface area contributed by atoms with Crippen LogP contribution in [0.3, 0.4) is 0 Å². The molecular weight excluding hydrogens is 296 g/mol. The predicted octanol–water partition coefficient (Wildman–Crippen LogP) is 1.69. The maximum absolute atomic E-state index is 12.5. The lowest BCUT2D eigenvalue weighted by molar-refractivity contribution is 0.0630. The molecule has 0 aliphatic carbocycles. The van der Waals surface area contributed by atoms with Crippen LogP contribution in [0.15, 0.2) is 12.4 Å². The Morgan fingerprint density at radius 2 is 1.82 bits per heavy atom. The molecule has 1 amide bonds. The summed E-state index contributed by atoms with van der Waals surface area (Å²) < 4.78 is 0. The summed E-state index contributed by atoms with van der Waals surface area (Å²) in [5, 5.41) is 0. The van der Waals surface area contributed by atoms with Gasteiger partial charge < -0.3 is 4.90 Å². The molecule has 0 saturated carbocycles. The highest BCUT2D eigenvalue weighted by molar-refractivity contribution is 7.99. The molecule has 0 unspecified atom stereocenters. The second kappa shape index (κ2) is 7.42. The lowest BCUT2D eigenvalue weighted by Crippen LogP contribution is -2.49. The van der Waals surface area contributed by atoms with E-state index in [-0.39, 0.29) is 5.91 Å². The molecule has 2 saturated heterocycles. The first-order valence-electron chi connectivity index (χ1n) is 8.20. The highest BCUT2D eigenvalue weighted by Crippen LogP contribution is 2.21. The quantitative estimate of drug-likeness (QED) is 0.848. The molecule has 0 spiro atoms. The number of aromatic nitrogens is 2. The minimum absolute atomic E-state index is 0.0790. The van der Waals surface area contributed by atoms with Gasteiger partial charge >= 0.3 is 0 Å². The standard InChI is InChI=1S/C16H24N4OS/c1-2-15-17-11-13(12-18-15)16(21)20-5-3-14(4-6-20)19-7-9-22-10-8-19/h11-12,14H,2-10H2,1H3. The minimum atomic E-state index is 0.0790. The Balaban J connectivity index is 1.54. The van der Waals surface area contributed by atoms with Crippen molar-refractivity contribution in [1.82, 2.24) is 19.8 Å². The lowest BCUT2D eigenvalue weighted by Gasteiger charge is -2.40. The Bertz CT molecular complexity index is 493. The van der Waals surface area contributed by atoms with Crippen LogP contribution < -0.4 is 0 Å². The van der Waals surface area contributed by atoms with E-state index in [1.165, 1.54) is 24.6 Å². The summed E-state index contributed by atoms with van der Waals surface area (Å²) in [7, 11) is 0. The topological polar surface area (TPSA) is 49.3 Å². The Morgan fingerprint density at radius 3 is 2.41 bits per heavy atom. The summed E-state index contributed by atoms with van der Waals surface area (Å²) in [5.41, 5.74) is 0.616. The number of carbonyl (C=O) groups is 1. The number of hydrogen-bond acceptors (Lipinski definition) is 5. The molecule has 2 aliphatic heterocycles. The normalized spacial score (nSPS) is 21.0. The second-order valence-electron chi connectivity index (χ2n) is 5.91. The fourth-order valence-electron chi connectivity index (χ4n) is 3.21. The van der Waals surface area contributed by atoms with Crippen LogP contribution in [-0.2, 0) is 6.42 Å². The van der Waals surface area contributed by atoms with Gasteiger partial charge in [0.2, 0.25) is 0 Å². The average Bonchev–Trinajstić information content (AvgIpc) is 2.62. The maximum atomic E-state index is 12.5. The van der Waals surface area contributed by atoms with Crippen LogP contribution >= 0.6 is 11.8 Å². The molecule has 0 N–H and O–H groups in total. The smallest absolute Gasteiger partial charge is 0.256 e. The van der Waals surface area contributed by atoms with Gasteiger partial charge in [0.25, 0.3) is 5.91 Å². The molecule has 0 aromatic carbocycles. The molecule has 120 valence electrons. The summed E-state index contributed by atoms with van der Waals surface area (Å²) >= 11 is 2.05. The highest BCUT2D eigenvalue weighted by atomic mass is 32.2. The summed E-state index contributed by atoms with van der Waals surface area (Å²) in [6.07, 6.45) is 6.31. The zero-order valence-corrected chi connectivity index (χ0v) is 14.0. The average molecular weight is 320 g/mol. The van der Waals surface area contributed by atoms with Crippen molar-refractivity contribution in [2.75, 3.05) is 37.7 Å². The largest absolute Gasteiger partial charge is 0.338 e. The lowest BCUT2D eigenvalue weighted by atomic mass is 10.0. The Morgan fingerprint density at radius 1 is 1.18 bits per heavy atom. The number of nitrogens with zero attached hydrogens (tertiary/aromatic N) is 4. The van der Waals surface area contributed by atoms with Crippen LogP contribution in [-0.4, -0.2) is 69.4 Å². The molecule has 1 aromatic heterocycles. The zero-order chi connectivity index (χ0) is 15.4. The van der Waals surface area contributed by atoms with E-state index >= 15 is 0 Å². The van der Waals surface area contributed by atoms with Crippen LogP contribution in [0.4, 0.5) is 0 Å². The van der Waals surface area contributed by atoms with Crippen molar-refractivity contribution >= 4 is 17.7 Å². The SMILES string of the molecule is CCc1ncc(C(=O)N2CCC(N3CCSCC3)CC2)cn1. The van der Waals surface area contributed by atoms with Crippen molar-refractivity contribution in [2.45, 2.75) is 32.2 Å². The Hall–Kier alpha value is -1.14. The highest BCUT2D eigenvalue weighted by Gasteiger charge is 2.28. The molecule has 0 bridgehead atoms. The predicted molar refractivity (Wildman–Crippen MR) is 89.2 cm³/mol. The van der Waals surface area contributed by atoms with Gasteiger partial charge in [0, 0.05) is 62.5 Å². The van der Waals surface area contributed by atoms with Crippen molar-refractivity contribution in [3.8, 4) is 0 Å². The fourth-order valence-corrected chi connectivity index (χ4v) is 4.14. The number of carbonyl (C=O) groups excluding carboxylic acids is 1. The first-order valence-corrected chi connectivity index (χ1v) is 9.35. The number of aryl methyl sites for hydroxylation is 1. The van der Waals surface area contributed by atoms with Crippen molar-refractivity contribution in [1.29, 1.82) is 0 Å². The molecule has 0 atom stereocenters. The molecule has 22 heavy (non-hydrogen) atoms. The van der Waals surface area contributed by atoms with E-state index in [2.05, 4.69) is 14.9 Å². The number of hydrogen-bond donors (Lipinski definition) is 0. The van der Waals surface area contributed by atoms with E-state index in [9.17, 15) is 4.79 Å². The van der Waals surface area contributed by atoms with Gasteiger partial charge in [0.1, 0.15) is 5.82 Å². The van der Waals surface area contributed by atoms with Crippen molar-refractivity contribution in [3.05, 3.63) is 23.8 Å². The van der Waals surface area contributed by atoms with Gasteiger partial charge in [-0.15, -0.1) is 0 Å². The fraction of sp³-hybridized carbons (Fsp3) is 0.688. The maximum Gasteiger partial charge on any atom is 0.256 e. The number of rotatable bonds is 3. The molecule has 1 aromatic rings. The van der Waals surface area contributed by atoms with Crippen LogP contribution in [0.5, 0.6) is 0 Å². The molecule has 2 fully saturated rings. The third-order valence-electron chi connectivity index (χ3n) is 4.58.